The number of anilines is 1. The summed E-state index contributed by atoms with van der Waals surface area (Å²) in [4.78, 5) is 33.3. The third kappa shape index (κ3) is 2.97. The number of piperazine rings is 1. The number of amides is 2. The van der Waals surface area contributed by atoms with Crippen LogP contribution in [0, 0.1) is 5.92 Å². The van der Waals surface area contributed by atoms with Crippen LogP contribution in [0.5, 0.6) is 0 Å². The third-order valence-corrected chi connectivity index (χ3v) is 6.45. The maximum atomic E-state index is 12.8. The molecule has 2 N–H and O–H groups in total. The van der Waals surface area contributed by atoms with Gasteiger partial charge in [0.15, 0.2) is 0 Å². The zero-order valence-corrected chi connectivity index (χ0v) is 16.0. The lowest BCUT2D eigenvalue weighted by Gasteiger charge is -2.49. The Morgan fingerprint density at radius 3 is 2.86 bits per heavy atom. The zero-order valence-electron chi connectivity index (χ0n) is 16.0. The van der Waals surface area contributed by atoms with Crippen molar-refractivity contribution in [2.75, 3.05) is 37.6 Å². The lowest BCUT2D eigenvalue weighted by molar-refractivity contribution is -0.118. The Kier molecular flexibility index (Phi) is 4.32. The van der Waals surface area contributed by atoms with E-state index in [2.05, 4.69) is 27.4 Å². The van der Waals surface area contributed by atoms with Crippen LogP contribution in [0.3, 0.4) is 0 Å². The van der Waals surface area contributed by atoms with Gasteiger partial charge in [0.2, 0.25) is 11.8 Å². The lowest BCUT2D eigenvalue weighted by atomic mass is 9.79. The van der Waals surface area contributed by atoms with E-state index in [1.165, 1.54) is 0 Å². The van der Waals surface area contributed by atoms with Crippen molar-refractivity contribution in [3.63, 3.8) is 0 Å². The van der Waals surface area contributed by atoms with E-state index in [0.29, 0.717) is 42.2 Å². The highest BCUT2D eigenvalue weighted by Gasteiger charge is 2.40. The summed E-state index contributed by atoms with van der Waals surface area (Å²) in [6.07, 6.45) is 3.92. The van der Waals surface area contributed by atoms with Gasteiger partial charge in [-0.25, -0.2) is 0 Å². The first-order valence-electron chi connectivity index (χ1n) is 10.1. The molecular weight excluding hydrogens is 358 g/mol. The van der Waals surface area contributed by atoms with E-state index in [0.717, 1.165) is 37.9 Å². The molecule has 0 aromatic carbocycles. The van der Waals surface area contributed by atoms with Crippen molar-refractivity contribution in [1.29, 1.82) is 0 Å². The van der Waals surface area contributed by atoms with Gasteiger partial charge in [0.05, 0.1) is 6.54 Å². The Balaban J connectivity index is 1.36. The van der Waals surface area contributed by atoms with Gasteiger partial charge in [-0.2, -0.15) is 0 Å². The lowest BCUT2D eigenvalue weighted by Crippen LogP contribution is -2.62. The van der Waals surface area contributed by atoms with Gasteiger partial charge in [0.25, 0.3) is 5.91 Å². The van der Waals surface area contributed by atoms with Gasteiger partial charge in [-0.05, 0) is 38.8 Å². The van der Waals surface area contributed by atoms with E-state index in [1.54, 1.807) is 17.2 Å². The number of furan rings is 1. The maximum absolute atomic E-state index is 12.8. The summed E-state index contributed by atoms with van der Waals surface area (Å²) in [6.45, 7) is 6.05. The SMILES string of the molecule is CC1C(NC(=O)c2cc3oc(N4CCNCC4=O)cc3cn2)C2CCN1CC2. The Labute approximate surface area is 163 Å². The number of fused-ring (bicyclic) bond motifs is 4. The van der Waals surface area contributed by atoms with E-state index in [-0.39, 0.29) is 17.9 Å². The molecule has 2 atom stereocenters. The van der Waals surface area contributed by atoms with Crippen LogP contribution in [0.15, 0.2) is 22.7 Å². The van der Waals surface area contributed by atoms with Crippen molar-refractivity contribution >= 4 is 28.7 Å². The molecule has 6 heterocycles. The summed E-state index contributed by atoms with van der Waals surface area (Å²) in [7, 11) is 0. The highest BCUT2D eigenvalue weighted by atomic mass is 16.4. The minimum atomic E-state index is -0.163. The first kappa shape index (κ1) is 17.6. The number of pyridine rings is 1. The molecule has 2 aromatic heterocycles. The van der Waals surface area contributed by atoms with Gasteiger partial charge < -0.3 is 15.1 Å². The molecular formula is C20H25N5O3. The monoisotopic (exact) mass is 383 g/mol. The molecule has 8 heteroatoms. The minimum absolute atomic E-state index is 0.0208. The molecule has 2 aromatic rings. The number of nitrogens with zero attached hydrogens (tertiary/aromatic N) is 3. The normalized spacial score (nSPS) is 30.0. The average molecular weight is 383 g/mol. The van der Waals surface area contributed by atoms with Gasteiger partial charge in [-0.1, -0.05) is 0 Å². The van der Waals surface area contributed by atoms with Gasteiger partial charge in [-0.15, -0.1) is 0 Å². The molecule has 0 saturated carbocycles. The van der Waals surface area contributed by atoms with Crippen molar-refractivity contribution in [3.8, 4) is 0 Å². The molecule has 0 radical (unpaired) electrons. The van der Waals surface area contributed by atoms with E-state index in [9.17, 15) is 9.59 Å². The Morgan fingerprint density at radius 1 is 1.29 bits per heavy atom. The molecule has 8 nitrogen and oxygen atoms in total. The number of hydrogen-bond donors (Lipinski definition) is 2. The molecule has 0 spiro atoms. The van der Waals surface area contributed by atoms with Gasteiger partial charge in [0, 0.05) is 48.9 Å². The largest absolute Gasteiger partial charge is 0.440 e. The average Bonchev–Trinajstić information content (AvgIpc) is 3.14. The van der Waals surface area contributed by atoms with Gasteiger partial charge in [-0.3, -0.25) is 24.4 Å². The summed E-state index contributed by atoms with van der Waals surface area (Å²) in [5.41, 5.74) is 0.923. The van der Waals surface area contributed by atoms with Crippen molar-refractivity contribution in [2.45, 2.75) is 31.8 Å². The summed E-state index contributed by atoms with van der Waals surface area (Å²) >= 11 is 0. The molecule has 2 unspecified atom stereocenters. The van der Waals surface area contributed by atoms with Crippen molar-refractivity contribution in [2.24, 2.45) is 5.92 Å². The topological polar surface area (TPSA) is 90.7 Å². The third-order valence-electron chi connectivity index (χ3n) is 6.45. The zero-order chi connectivity index (χ0) is 19.3. The van der Waals surface area contributed by atoms with Crippen LogP contribution in [-0.2, 0) is 4.79 Å². The minimum Gasteiger partial charge on any atom is -0.440 e. The first-order chi connectivity index (χ1) is 13.6. The smallest absolute Gasteiger partial charge is 0.270 e. The van der Waals surface area contributed by atoms with E-state index >= 15 is 0 Å². The molecule has 2 amide bonds. The summed E-state index contributed by atoms with van der Waals surface area (Å²) in [6, 6.07) is 4.00. The molecule has 4 aliphatic rings. The number of hydrogen-bond acceptors (Lipinski definition) is 6. The second-order valence-electron chi connectivity index (χ2n) is 8.03. The second kappa shape index (κ2) is 6.86. The van der Waals surface area contributed by atoms with Crippen LogP contribution in [0.25, 0.3) is 11.0 Å². The predicted molar refractivity (Wildman–Crippen MR) is 104 cm³/mol. The van der Waals surface area contributed by atoms with Crippen LogP contribution < -0.4 is 15.5 Å². The van der Waals surface area contributed by atoms with Crippen LogP contribution >= 0.6 is 0 Å². The number of nitrogens with one attached hydrogen (secondary N) is 2. The fraction of sp³-hybridized carbons (Fsp3) is 0.550. The maximum Gasteiger partial charge on any atom is 0.270 e. The van der Waals surface area contributed by atoms with Crippen molar-refractivity contribution < 1.29 is 14.0 Å². The standard InChI is InChI=1S/C20H25N5O3/c1-12-19(13-2-5-24(12)6-3-13)23-20(27)15-9-16-14(10-22-15)8-18(28-16)25-7-4-21-11-17(25)26/h8-10,12-13,19,21H,2-7,11H2,1H3,(H,23,27). The number of carbonyl (C=O) groups is 2. The molecule has 148 valence electrons. The van der Waals surface area contributed by atoms with Crippen LogP contribution in [0.1, 0.15) is 30.3 Å². The Morgan fingerprint density at radius 2 is 2.11 bits per heavy atom. The molecule has 6 rings (SSSR count). The second-order valence-corrected chi connectivity index (χ2v) is 8.03. The first-order valence-corrected chi connectivity index (χ1v) is 10.1. The molecule has 28 heavy (non-hydrogen) atoms. The highest BCUT2D eigenvalue weighted by molar-refractivity contribution is 5.98. The Hall–Kier alpha value is -2.45. The van der Waals surface area contributed by atoms with Crippen molar-refractivity contribution in [3.05, 3.63) is 24.0 Å². The fourth-order valence-corrected chi connectivity index (χ4v) is 4.79. The van der Waals surface area contributed by atoms with Crippen molar-refractivity contribution in [1.82, 2.24) is 20.5 Å². The summed E-state index contributed by atoms with van der Waals surface area (Å²) in [5, 5.41) is 7.03. The summed E-state index contributed by atoms with van der Waals surface area (Å²) < 4.78 is 5.88. The quantitative estimate of drug-likeness (QED) is 0.821. The highest BCUT2D eigenvalue weighted by Crippen LogP contribution is 2.32. The van der Waals surface area contributed by atoms with Gasteiger partial charge in [0.1, 0.15) is 11.3 Å². The van der Waals surface area contributed by atoms with Gasteiger partial charge >= 0.3 is 0 Å². The number of aromatic nitrogens is 1. The molecule has 4 aliphatic heterocycles. The molecule has 0 aliphatic carbocycles. The van der Waals surface area contributed by atoms with Crippen LogP contribution in [-0.4, -0.2) is 66.5 Å². The molecule has 4 fully saturated rings. The number of rotatable bonds is 3. The molecule has 2 bridgehead atoms. The number of piperidine rings is 3. The van der Waals surface area contributed by atoms with Crippen LogP contribution in [0.2, 0.25) is 0 Å². The summed E-state index contributed by atoms with van der Waals surface area (Å²) in [5.74, 6) is 0.866. The fourth-order valence-electron chi connectivity index (χ4n) is 4.79. The van der Waals surface area contributed by atoms with Crippen LogP contribution in [0.4, 0.5) is 5.88 Å². The Bertz CT molecular complexity index is 916. The molecule has 4 saturated heterocycles. The number of carbonyl (C=O) groups excluding carboxylic acids is 2. The predicted octanol–water partition coefficient (Wildman–Crippen LogP) is 0.976. The van der Waals surface area contributed by atoms with E-state index in [4.69, 9.17) is 4.42 Å². The van der Waals surface area contributed by atoms with E-state index in [1.807, 2.05) is 6.07 Å². The van der Waals surface area contributed by atoms with E-state index < -0.39 is 0 Å².